The summed E-state index contributed by atoms with van der Waals surface area (Å²) in [6.07, 6.45) is 11.9. The Hall–Kier alpha value is 0.270. The van der Waals surface area contributed by atoms with Crippen molar-refractivity contribution in [3.05, 3.63) is 0 Å². The Morgan fingerprint density at radius 1 is 1.19 bits per heavy atom. The second-order valence-corrected chi connectivity index (χ2v) is 8.24. The fourth-order valence-corrected chi connectivity index (χ4v) is 5.19. The molecule has 2 rings (SSSR count). The summed E-state index contributed by atoms with van der Waals surface area (Å²) in [6.45, 7) is 6.76. The van der Waals surface area contributed by atoms with E-state index in [0.29, 0.717) is 0 Å². The minimum Gasteiger partial charge on any atom is -0.375 e. The fraction of sp³-hybridized carbons (Fsp3) is 1.00. The molecule has 0 bridgehead atoms. The number of hydrogen-bond acceptors (Lipinski definition) is 3. The third-order valence-electron chi connectivity index (χ3n) is 5.24. The first-order valence-electron chi connectivity index (χ1n) is 9.23. The number of thioether (sulfide) groups is 1. The molecular formula is C18H35NOS. The van der Waals surface area contributed by atoms with E-state index < -0.39 is 0 Å². The van der Waals surface area contributed by atoms with Crippen LogP contribution < -0.4 is 5.32 Å². The number of rotatable bonds is 8. The maximum atomic E-state index is 6.23. The lowest BCUT2D eigenvalue weighted by Gasteiger charge is -2.43. The van der Waals surface area contributed by atoms with Gasteiger partial charge < -0.3 is 10.1 Å². The maximum absolute atomic E-state index is 6.23. The van der Waals surface area contributed by atoms with E-state index in [2.05, 4.69) is 30.9 Å². The third-order valence-corrected chi connectivity index (χ3v) is 6.23. The molecule has 3 heteroatoms. The minimum absolute atomic E-state index is 0.269. The van der Waals surface area contributed by atoms with Crippen molar-refractivity contribution in [2.24, 2.45) is 5.92 Å². The van der Waals surface area contributed by atoms with Crippen molar-refractivity contribution in [3.63, 3.8) is 0 Å². The Morgan fingerprint density at radius 3 is 2.71 bits per heavy atom. The smallest absolute Gasteiger partial charge is 0.0700 e. The second-order valence-electron chi connectivity index (χ2n) is 7.02. The van der Waals surface area contributed by atoms with Crippen molar-refractivity contribution < 1.29 is 4.74 Å². The summed E-state index contributed by atoms with van der Waals surface area (Å²) >= 11 is 2.11. The summed E-state index contributed by atoms with van der Waals surface area (Å²) < 4.78 is 6.23. The van der Waals surface area contributed by atoms with Gasteiger partial charge >= 0.3 is 0 Å². The highest BCUT2D eigenvalue weighted by molar-refractivity contribution is 7.99. The number of hydrogen-bond donors (Lipinski definition) is 1. The molecule has 2 aliphatic rings. The van der Waals surface area contributed by atoms with Gasteiger partial charge in [-0.1, -0.05) is 20.3 Å². The highest BCUT2D eigenvalue weighted by atomic mass is 32.2. The molecule has 0 saturated carbocycles. The first kappa shape index (κ1) is 17.6. The van der Waals surface area contributed by atoms with Crippen molar-refractivity contribution in [2.45, 2.75) is 83.3 Å². The van der Waals surface area contributed by atoms with Gasteiger partial charge in [-0.05, 0) is 75.3 Å². The Morgan fingerprint density at radius 2 is 2.00 bits per heavy atom. The van der Waals surface area contributed by atoms with Gasteiger partial charge in [-0.25, -0.2) is 0 Å². The summed E-state index contributed by atoms with van der Waals surface area (Å²) in [4.78, 5) is 0. The molecule has 2 nitrogen and oxygen atoms in total. The van der Waals surface area contributed by atoms with Crippen LogP contribution in [-0.4, -0.2) is 36.3 Å². The molecule has 0 radical (unpaired) electrons. The molecule has 2 heterocycles. The van der Waals surface area contributed by atoms with Gasteiger partial charge in [0.15, 0.2) is 0 Å². The van der Waals surface area contributed by atoms with Crippen molar-refractivity contribution in [1.82, 2.24) is 5.32 Å². The fourth-order valence-electron chi connectivity index (χ4n) is 3.95. The van der Waals surface area contributed by atoms with Crippen LogP contribution in [0.2, 0.25) is 0 Å². The Balaban J connectivity index is 1.75. The molecule has 2 atom stereocenters. The van der Waals surface area contributed by atoms with Gasteiger partial charge in [0, 0.05) is 12.6 Å². The maximum Gasteiger partial charge on any atom is 0.0700 e. The first-order valence-corrected chi connectivity index (χ1v) is 10.4. The lowest BCUT2D eigenvalue weighted by molar-refractivity contribution is -0.103. The second kappa shape index (κ2) is 9.42. The summed E-state index contributed by atoms with van der Waals surface area (Å²) in [7, 11) is 0. The predicted octanol–water partition coefficient (Wildman–Crippen LogP) is 4.63. The monoisotopic (exact) mass is 313 g/mol. The largest absolute Gasteiger partial charge is 0.375 e. The quantitative estimate of drug-likeness (QED) is 0.706. The average Bonchev–Trinajstić information content (AvgIpc) is 2.51. The molecule has 0 aliphatic carbocycles. The van der Waals surface area contributed by atoms with Gasteiger partial charge in [0.1, 0.15) is 0 Å². The van der Waals surface area contributed by atoms with Gasteiger partial charge in [-0.15, -0.1) is 0 Å². The van der Waals surface area contributed by atoms with Gasteiger partial charge in [0.25, 0.3) is 0 Å². The van der Waals surface area contributed by atoms with Crippen molar-refractivity contribution in [3.8, 4) is 0 Å². The molecule has 21 heavy (non-hydrogen) atoms. The molecule has 0 amide bonds. The normalized spacial score (nSPS) is 26.9. The third kappa shape index (κ3) is 5.76. The summed E-state index contributed by atoms with van der Waals surface area (Å²) in [5.41, 5.74) is 0.269. The standard InChI is InChI=1S/C18H35NOS/c1-3-5-17(19-11-4-2)7-6-16-8-12-20-18(15-16)9-13-21-14-10-18/h16-17,19H,3-15H2,1-2H3. The Labute approximate surface area is 136 Å². The van der Waals surface area contributed by atoms with E-state index in [0.717, 1.165) is 18.6 Å². The van der Waals surface area contributed by atoms with E-state index in [1.54, 1.807) is 0 Å². The van der Waals surface area contributed by atoms with Crippen LogP contribution in [0.3, 0.4) is 0 Å². The minimum atomic E-state index is 0.269. The lowest BCUT2D eigenvalue weighted by Crippen LogP contribution is -2.43. The molecular weight excluding hydrogens is 278 g/mol. The summed E-state index contributed by atoms with van der Waals surface area (Å²) in [5, 5.41) is 3.75. The molecule has 2 aliphatic heterocycles. The zero-order valence-electron chi connectivity index (χ0n) is 14.2. The topological polar surface area (TPSA) is 21.3 Å². The van der Waals surface area contributed by atoms with Crippen LogP contribution in [-0.2, 0) is 4.74 Å². The zero-order chi connectivity index (χ0) is 15.0. The highest BCUT2D eigenvalue weighted by Gasteiger charge is 2.38. The van der Waals surface area contributed by atoms with Crippen LogP contribution in [0.5, 0.6) is 0 Å². The van der Waals surface area contributed by atoms with E-state index in [1.165, 1.54) is 75.8 Å². The Kier molecular flexibility index (Phi) is 7.90. The molecule has 2 fully saturated rings. The molecule has 2 unspecified atom stereocenters. The van der Waals surface area contributed by atoms with Crippen molar-refractivity contribution in [1.29, 1.82) is 0 Å². The van der Waals surface area contributed by atoms with E-state index in [-0.39, 0.29) is 5.60 Å². The molecule has 0 aromatic rings. The van der Waals surface area contributed by atoms with E-state index in [1.807, 2.05) is 0 Å². The van der Waals surface area contributed by atoms with Gasteiger partial charge in [0.2, 0.25) is 0 Å². The lowest BCUT2D eigenvalue weighted by atomic mass is 9.79. The van der Waals surface area contributed by atoms with Crippen LogP contribution >= 0.6 is 11.8 Å². The van der Waals surface area contributed by atoms with E-state index in [4.69, 9.17) is 4.74 Å². The van der Waals surface area contributed by atoms with Gasteiger partial charge in [-0.2, -0.15) is 11.8 Å². The molecule has 124 valence electrons. The summed E-state index contributed by atoms with van der Waals surface area (Å²) in [5.74, 6) is 3.52. The predicted molar refractivity (Wildman–Crippen MR) is 94.2 cm³/mol. The number of nitrogens with one attached hydrogen (secondary N) is 1. The zero-order valence-corrected chi connectivity index (χ0v) is 15.0. The van der Waals surface area contributed by atoms with E-state index in [9.17, 15) is 0 Å². The van der Waals surface area contributed by atoms with Crippen LogP contribution in [0.4, 0.5) is 0 Å². The van der Waals surface area contributed by atoms with Crippen LogP contribution in [0.25, 0.3) is 0 Å². The first-order chi connectivity index (χ1) is 10.3. The SMILES string of the molecule is CCCNC(CCC)CCC1CCOC2(CCSCC2)C1. The number of ether oxygens (including phenoxy) is 1. The van der Waals surface area contributed by atoms with Crippen LogP contribution in [0.1, 0.15) is 71.6 Å². The molecule has 1 spiro atoms. The Bertz CT molecular complexity index is 273. The van der Waals surface area contributed by atoms with Crippen molar-refractivity contribution >= 4 is 11.8 Å². The highest BCUT2D eigenvalue weighted by Crippen LogP contribution is 2.41. The van der Waals surface area contributed by atoms with E-state index >= 15 is 0 Å². The van der Waals surface area contributed by atoms with Crippen molar-refractivity contribution in [2.75, 3.05) is 24.7 Å². The average molecular weight is 314 g/mol. The molecule has 0 aromatic heterocycles. The van der Waals surface area contributed by atoms with Gasteiger partial charge in [0.05, 0.1) is 5.60 Å². The molecule has 2 saturated heterocycles. The van der Waals surface area contributed by atoms with Crippen LogP contribution in [0, 0.1) is 5.92 Å². The molecule has 1 N–H and O–H groups in total. The summed E-state index contributed by atoms with van der Waals surface area (Å²) in [6, 6.07) is 0.746. The van der Waals surface area contributed by atoms with Crippen LogP contribution in [0.15, 0.2) is 0 Å². The molecule has 0 aromatic carbocycles. The van der Waals surface area contributed by atoms with Gasteiger partial charge in [-0.3, -0.25) is 0 Å².